The van der Waals surface area contributed by atoms with Crippen LogP contribution in [0.1, 0.15) is 18.1 Å². The fraction of sp³-hybridized carbons (Fsp3) is 0.250. The minimum absolute atomic E-state index is 0.0402. The predicted octanol–water partition coefficient (Wildman–Crippen LogP) is 1.51. The first-order chi connectivity index (χ1) is 7.70. The molecule has 0 saturated heterocycles. The second-order valence-corrected chi connectivity index (χ2v) is 3.51. The van der Waals surface area contributed by atoms with Crippen LogP contribution in [0.4, 0.5) is 0 Å². The maximum Gasteiger partial charge on any atom is 0.231 e. The Labute approximate surface area is 93.1 Å². The van der Waals surface area contributed by atoms with Gasteiger partial charge in [-0.2, -0.15) is 0 Å². The van der Waals surface area contributed by atoms with Gasteiger partial charge in [-0.05, 0) is 36.3 Å². The van der Waals surface area contributed by atoms with Crippen LogP contribution in [0.3, 0.4) is 0 Å². The molecule has 1 aromatic rings. The van der Waals surface area contributed by atoms with Crippen molar-refractivity contribution >= 4 is 11.9 Å². The van der Waals surface area contributed by atoms with E-state index in [0.717, 1.165) is 5.56 Å². The Morgan fingerprint density at radius 2 is 2.12 bits per heavy atom. The molecule has 84 valence electrons. The summed E-state index contributed by atoms with van der Waals surface area (Å²) in [4.78, 5) is 10.8. The Kier molecular flexibility index (Phi) is 2.92. The molecule has 1 aliphatic heterocycles. The van der Waals surface area contributed by atoms with Gasteiger partial charge in [-0.15, -0.1) is 0 Å². The molecule has 0 amide bonds. The van der Waals surface area contributed by atoms with E-state index in [1.807, 2.05) is 0 Å². The van der Waals surface area contributed by atoms with Crippen molar-refractivity contribution in [3.05, 3.63) is 29.3 Å². The van der Waals surface area contributed by atoms with Gasteiger partial charge in [-0.1, -0.05) is 6.08 Å². The highest BCUT2D eigenvalue weighted by molar-refractivity contribution is 5.91. The SMILES string of the molecule is CC(=O)/C=C/c1cc2c(cc1CO)OCO2. The van der Waals surface area contributed by atoms with Crippen molar-refractivity contribution in [1.29, 1.82) is 0 Å². The number of fused-ring (bicyclic) bond motifs is 1. The van der Waals surface area contributed by atoms with Gasteiger partial charge in [-0.3, -0.25) is 4.79 Å². The molecule has 0 aliphatic carbocycles. The van der Waals surface area contributed by atoms with Crippen LogP contribution in [-0.4, -0.2) is 17.7 Å². The average molecular weight is 220 g/mol. The Morgan fingerprint density at radius 3 is 2.75 bits per heavy atom. The summed E-state index contributed by atoms with van der Waals surface area (Å²) in [5.41, 5.74) is 1.48. The highest BCUT2D eigenvalue weighted by atomic mass is 16.7. The highest BCUT2D eigenvalue weighted by Gasteiger charge is 2.15. The standard InChI is InChI=1S/C12H12O4/c1-8(14)2-3-9-4-11-12(16-7-15-11)5-10(9)6-13/h2-5,13H,6-7H2,1H3/b3-2+. The van der Waals surface area contributed by atoms with Gasteiger partial charge >= 0.3 is 0 Å². The van der Waals surface area contributed by atoms with Crippen molar-refractivity contribution < 1.29 is 19.4 Å². The fourth-order valence-corrected chi connectivity index (χ4v) is 1.50. The van der Waals surface area contributed by atoms with Crippen LogP contribution in [0.2, 0.25) is 0 Å². The van der Waals surface area contributed by atoms with Crippen molar-refractivity contribution in [3.8, 4) is 11.5 Å². The lowest BCUT2D eigenvalue weighted by atomic mass is 10.1. The van der Waals surface area contributed by atoms with Gasteiger partial charge in [0.25, 0.3) is 0 Å². The van der Waals surface area contributed by atoms with E-state index in [1.54, 1.807) is 18.2 Å². The van der Waals surface area contributed by atoms with Crippen LogP contribution in [0.25, 0.3) is 6.08 Å². The molecule has 0 saturated carbocycles. The second-order valence-electron chi connectivity index (χ2n) is 3.51. The number of carbonyl (C=O) groups is 1. The van der Waals surface area contributed by atoms with Crippen molar-refractivity contribution in [1.82, 2.24) is 0 Å². The van der Waals surface area contributed by atoms with E-state index in [9.17, 15) is 9.90 Å². The predicted molar refractivity (Wildman–Crippen MR) is 58.2 cm³/mol. The summed E-state index contributed by atoms with van der Waals surface area (Å²) in [7, 11) is 0. The first-order valence-electron chi connectivity index (χ1n) is 4.92. The van der Waals surface area contributed by atoms with E-state index in [4.69, 9.17) is 9.47 Å². The van der Waals surface area contributed by atoms with E-state index in [0.29, 0.717) is 17.1 Å². The molecule has 2 rings (SSSR count). The quantitative estimate of drug-likeness (QED) is 0.784. The third kappa shape index (κ3) is 2.06. The van der Waals surface area contributed by atoms with Gasteiger partial charge in [0.15, 0.2) is 17.3 Å². The van der Waals surface area contributed by atoms with Gasteiger partial charge in [0, 0.05) is 0 Å². The number of hydrogen-bond donors (Lipinski definition) is 1. The Balaban J connectivity index is 2.39. The number of aliphatic hydroxyl groups excluding tert-OH is 1. The molecule has 16 heavy (non-hydrogen) atoms. The minimum atomic E-state index is -0.103. The summed E-state index contributed by atoms with van der Waals surface area (Å²) in [6.07, 6.45) is 3.12. The summed E-state index contributed by atoms with van der Waals surface area (Å²) >= 11 is 0. The Bertz CT molecular complexity index is 449. The molecular formula is C12H12O4. The maximum atomic E-state index is 10.8. The molecule has 0 aromatic heterocycles. The number of carbonyl (C=O) groups excluding carboxylic acids is 1. The summed E-state index contributed by atoms with van der Waals surface area (Å²) in [6, 6.07) is 3.48. The molecule has 0 spiro atoms. The van der Waals surface area contributed by atoms with Crippen molar-refractivity contribution in [2.24, 2.45) is 0 Å². The summed E-state index contributed by atoms with van der Waals surface area (Å²) < 4.78 is 10.4. The van der Waals surface area contributed by atoms with E-state index >= 15 is 0 Å². The van der Waals surface area contributed by atoms with Gasteiger partial charge in [0.1, 0.15) is 0 Å². The molecule has 1 heterocycles. The minimum Gasteiger partial charge on any atom is -0.454 e. The van der Waals surface area contributed by atoms with E-state index in [2.05, 4.69) is 0 Å². The molecular weight excluding hydrogens is 208 g/mol. The summed E-state index contributed by atoms with van der Waals surface area (Å²) in [5, 5.41) is 9.20. The average Bonchev–Trinajstić information content (AvgIpc) is 2.71. The van der Waals surface area contributed by atoms with E-state index in [-0.39, 0.29) is 19.2 Å². The van der Waals surface area contributed by atoms with Crippen LogP contribution in [0, 0.1) is 0 Å². The van der Waals surface area contributed by atoms with Gasteiger partial charge in [0.05, 0.1) is 6.61 Å². The molecule has 0 atom stereocenters. The zero-order valence-corrected chi connectivity index (χ0v) is 8.90. The van der Waals surface area contributed by atoms with Crippen LogP contribution in [0.15, 0.2) is 18.2 Å². The molecule has 4 heteroatoms. The molecule has 0 bridgehead atoms. The molecule has 1 aromatic carbocycles. The van der Waals surface area contributed by atoms with Crippen molar-refractivity contribution in [3.63, 3.8) is 0 Å². The maximum absolute atomic E-state index is 10.8. The number of allylic oxidation sites excluding steroid dienone is 1. The van der Waals surface area contributed by atoms with Crippen LogP contribution in [0.5, 0.6) is 11.5 Å². The van der Waals surface area contributed by atoms with Gasteiger partial charge in [-0.25, -0.2) is 0 Å². The largest absolute Gasteiger partial charge is 0.454 e. The number of ether oxygens (including phenoxy) is 2. The molecule has 4 nitrogen and oxygen atoms in total. The molecule has 1 N–H and O–H groups in total. The van der Waals surface area contributed by atoms with E-state index in [1.165, 1.54) is 13.0 Å². The summed E-state index contributed by atoms with van der Waals surface area (Å²) in [6.45, 7) is 1.57. The normalized spacial score (nSPS) is 13.4. The number of benzene rings is 1. The van der Waals surface area contributed by atoms with Crippen LogP contribution < -0.4 is 9.47 Å². The Hall–Kier alpha value is -1.81. The van der Waals surface area contributed by atoms with Gasteiger partial charge < -0.3 is 14.6 Å². The lowest BCUT2D eigenvalue weighted by Crippen LogP contribution is -1.92. The highest BCUT2D eigenvalue weighted by Crippen LogP contribution is 2.35. The number of ketones is 1. The number of aliphatic hydroxyl groups is 1. The van der Waals surface area contributed by atoms with Crippen molar-refractivity contribution in [2.75, 3.05) is 6.79 Å². The number of hydrogen-bond acceptors (Lipinski definition) is 4. The number of rotatable bonds is 3. The van der Waals surface area contributed by atoms with Gasteiger partial charge in [0.2, 0.25) is 6.79 Å². The Morgan fingerprint density at radius 1 is 1.44 bits per heavy atom. The van der Waals surface area contributed by atoms with E-state index < -0.39 is 0 Å². The van der Waals surface area contributed by atoms with Crippen molar-refractivity contribution in [2.45, 2.75) is 13.5 Å². The topological polar surface area (TPSA) is 55.8 Å². The first-order valence-corrected chi connectivity index (χ1v) is 4.92. The monoisotopic (exact) mass is 220 g/mol. The van der Waals surface area contributed by atoms with Crippen LogP contribution in [-0.2, 0) is 11.4 Å². The molecule has 0 fully saturated rings. The fourth-order valence-electron chi connectivity index (χ4n) is 1.50. The smallest absolute Gasteiger partial charge is 0.231 e. The lowest BCUT2D eigenvalue weighted by molar-refractivity contribution is -0.112. The second kappa shape index (κ2) is 4.37. The molecule has 1 aliphatic rings. The van der Waals surface area contributed by atoms with Crippen LogP contribution >= 0.6 is 0 Å². The zero-order valence-electron chi connectivity index (χ0n) is 8.90. The third-order valence-corrected chi connectivity index (χ3v) is 2.30. The molecule has 0 unspecified atom stereocenters. The molecule has 0 radical (unpaired) electrons. The lowest BCUT2D eigenvalue weighted by Gasteiger charge is -2.04. The third-order valence-electron chi connectivity index (χ3n) is 2.30. The first kappa shape index (κ1) is 10.7. The zero-order chi connectivity index (χ0) is 11.5. The summed E-state index contributed by atoms with van der Waals surface area (Å²) in [5.74, 6) is 1.23.